The van der Waals surface area contributed by atoms with E-state index >= 15 is 0 Å². The second-order valence-electron chi connectivity index (χ2n) is 4.84. The van der Waals surface area contributed by atoms with Crippen LogP contribution in [0.25, 0.3) is 10.8 Å². The molecule has 0 fully saturated rings. The van der Waals surface area contributed by atoms with Gasteiger partial charge in [-0.05, 0) is 30.0 Å². The zero-order valence-corrected chi connectivity index (χ0v) is 11.5. The predicted molar refractivity (Wildman–Crippen MR) is 81.8 cm³/mol. The van der Waals surface area contributed by atoms with Gasteiger partial charge in [0.15, 0.2) is 0 Å². The van der Waals surface area contributed by atoms with E-state index in [-0.39, 0.29) is 11.3 Å². The fraction of sp³-hybridized carbons (Fsp3) is 0.0556. The molecule has 1 N–H and O–H groups in total. The molecule has 0 amide bonds. The Balaban J connectivity index is 1.99. The number of benzene rings is 3. The van der Waals surface area contributed by atoms with Crippen LogP contribution in [0.4, 0.5) is 0 Å². The lowest BCUT2D eigenvalue weighted by Gasteiger charge is -2.09. The summed E-state index contributed by atoms with van der Waals surface area (Å²) in [7, 11) is 0. The van der Waals surface area contributed by atoms with Crippen molar-refractivity contribution in [2.24, 2.45) is 0 Å². The van der Waals surface area contributed by atoms with E-state index in [0.29, 0.717) is 11.1 Å². The molecule has 3 heteroatoms. The van der Waals surface area contributed by atoms with E-state index in [2.05, 4.69) is 0 Å². The molecule has 3 aromatic rings. The van der Waals surface area contributed by atoms with Gasteiger partial charge in [0.2, 0.25) is 0 Å². The summed E-state index contributed by atoms with van der Waals surface area (Å²) in [4.78, 5) is 12.2. The van der Waals surface area contributed by atoms with Gasteiger partial charge in [-0.25, -0.2) is 4.79 Å². The van der Waals surface area contributed by atoms with Crippen molar-refractivity contribution in [3.63, 3.8) is 0 Å². The van der Waals surface area contributed by atoms with Gasteiger partial charge >= 0.3 is 5.97 Å². The molecule has 0 aromatic heterocycles. The Kier molecular flexibility index (Phi) is 3.32. The van der Waals surface area contributed by atoms with Gasteiger partial charge in [-0.2, -0.15) is 0 Å². The van der Waals surface area contributed by atoms with Crippen LogP contribution in [0.15, 0.2) is 60.7 Å². The third-order valence-electron chi connectivity index (χ3n) is 3.42. The van der Waals surface area contributed by atoms with Crippen molar-refractivity contribution in [2.45, 2.75) is 6.92 Å². The minimum absolute atomic E-state index is 0.0494. The van der Waals surface area contributed by atoms with E-state index in [1.807, 2.05) is 37.3 Å². The number of fused-ring (bicyclic) bond motifs is 1. The molecule has 0 bridgehead atoms. The van der Waals surface area contributed by atoms with Crippen molar-refractivity contribution in [3.8, 4) is 11.5 Å². The van der Waals surface area contributed by atoms with Gasteiger partial charge in [0.1, 0.15) is 17.1 Å². The molecule has 0 saturated carbocycles. The van der Waals surface area contributed by atoms with Crippen LogP contribution < -0.4 is 4.74 Å². The van der Waals surface area contributed by atoms with Crippen LogP contribution in [0.5, 0.6) is 11.5 Å². The predicted octanol–water partition coefficient (Wildman–Crippen LogP) is 4.07. The standard InChI is InChI=1S/C18H14O3/c1-12-6-2-5-9-16(12)21-18(20)15-11-10-13-7-3-4-8-14(13)17(15)19/h2-11,19H,1H3. The smallest absolute Gasteiger partial charge is 0.347 e. The van der Waals surface area contributed by atoms with Gasteiger partial charge in [-0.15, -0.1) is 0 Å². The van der Waals surface area contributed by atoms with Crippen LogP contribution in [-0.2, 0) is 0 Å². The van der Waals surface area contributed by atoms with Gasteiger partial charge in [-0.1, -0.05) is 48.5 Å². The van der Waals surface area contributed by atoms with E-state index in [4.69, 9.17) is 4.74 Å². The topological polar surface area (TPSA) is 46.5 Å². The molecule has 0 saturated heterocycles. The lowest BCUT2D eigenvalue weighted by Crippen LogP contribution is -2.09. The highest BCUT2D eigenvalue weighted by molar-refractivity contribution is 6.01. The summed E-state index contributed by atoms with van der Waals surface area (Å²) in [5, 5.41) is 11.8. The second kappa shape index (κ2) is 5.29. The second-order valence-corrected chi connectivity index (χ2v) is 4.84. The number of hydrogen-bond donors (Lipinski definition) is 1. The quantitative estimate of drug-likeness (QED) is 0.567. The number of ether oxygens (including phenoxy) is 1. The third-order valence-corrected chi connectivity index (χ3v) is 3.42. The average Bonchev–Trinajstić information content (AvgIpc) is 2.50. The summed E-state index contributed by atoms with van der Waals surface area (Å²) in [6, 6.07) is 18.0. The lowest BCUT2D eigenvalue weighted by atomic mass is 10.1. The highest BCUT2D eigenvalue weighted by Crippen LogP contribution is 2.29. The molecular weight excluding hydrogens is 264 g/mol. The highest BCUT2D eigenvalue weighted by Gasteiger charge is 2.16. The maximum absolute atomic E-state index is 12.2. The molecular formula is C18H14O3. The average molecular weight is 278 g/mol. The fourth-order valence-electron chi connectivity index (χ4n) is 2.25. The van der Waals surface area contributed by atoms with Crippen LogP contribution >= 0.6 is 0 Å². The zero-order valence-electron chi connectivity index (χ0n) is 11.5. The van der Waals surface area contributed by atoms with Gasteiger partial charge in [-0.3, -0.25) is 0 Å². The molecule has 0 radical (unpaired) electrons. The first-order valence-corrected chi connectivity index (χ1v) is 6.65. The summed E-state index contributed by atoms with van der Waals surface area (Å²) in [5.74, 6) is -0.116. The maximum atomic E-state index is 12.2. The monoisotopic (exact) mass is 278 g/mol. The number of esters is 1. The Morgan fingerprint density at radius 2 is 1.67 bits per heavy atom. The largest absolute Gasteiger partial charge is 0.506 e. The number of hydrogen-bond acceptors (Lipinski definition) is 3. The minimum Gasteiger partial charge on any atom is -0.506 e. The van der Waals surface area contributed by atoms with Crippen LogP contribution in [0.3, 0.4) is 0 Å². The summed E-state index contributed by atoms with van der Waals surface area (Å²) >= 11 is 0. The molecule has 21 heavy (non-hydrogen) atoms. The highest BCUT2D eigenvalue weighted by atomic mass is 16.5. The lowest BCUT2D eigenvalue weighted by molar-refractivity contribution is 0.0731. The van der Waals surface area contributed by atoms with Crippen molar-refractivity contribution < 1.29 is 14.6 Å². The number of aromatic hydroxyl groups is 1. The SMILES string of the molecule is Cc1ccccc1OC(=O)c1ccc2ccccc2c1O. The van der Waals surface area contributed by atoms with Crippen molar-refractivity contribution in [1.29, 1.82) is 0 Å². The molecule has 0 aliphatic carbocycles. The first kappa shape index (κ1) is 13.2. The Bertz CT molecular complexity index is 822. The summed E-state index contributed by atoms with van der Waals surface area (Å²) in [6.45, 7) is 1.86. The number of phenolic OH excluding ortho intramolecular Hbond substituents is 1. The normalized spacial score (nSPS) is 10.5. The first-order chi connectivity index (χ1) is 10.2. The molecule has 3 aromatic carbocycles. The zero-order chi connectivity index (χ0) is 14.8. The number of phenols is 1. The van der Waals surface area contributed by atoms with Crippen LogP contribution in [-0.4, -0.2) is 11.1 Å². The number of para-hydroxylation sites is 1. The molecule has 0 aliphatic rings. The Morgan fingerprint density at radius 3 is 2.48 bits per heavy atom. The minimum atomic E-state index is -0.562. The fourth-order valence-corrected chi connectivity index (χ4v) is 2.25. The van der Waals surface area contributed by atoms with E-state index in [1.165, 1.54) is 0 Å². The van der Waals surface area contributed by atoms with Crippen LogP contribution in [0.1, 0.15) is 15.9 Å². The number of carbonyl (C=O) groups excluding carboxylic acids is 1. The number of rotatable bonds is 2. The van der Waals surface area contributed by atoms with Crippen molar-refractivity contribution in [1.82, 2.24) is 0 Å². The van der Waals surface area contributed by atoms with Gasteiger partial charge in [0.25, 0.3) is 0 Å². The van der Waals surface area contributed by atoms with Crippen LogP contribution in [0.2, 0.25) is 0 Å². The maximum Gasteiger partial charge on any atom is 0.347 e. The van der Waals surface area contributed by atoms with Gasteiger partial charge < -0.3 is 9.84 Å². The van der Waals surface area contributed by atoms with E-state index in [1.54, 1.807) is 30.3 Å². The summed E-state index contributed by atoms with van der Waals surface area (Å²) in [6.07, 6.45) is 0. The Hall–Kier alpha value is -2.81. The van der Waals surface area contributed by atoms with Crippen molar-refractivity contribution in [3.05, 3.63) is 71.8 Å². The number of carbonyl (C=O) groups is 1. The van der Waals surface area contributed by atoms with Crippen molar-refractivity contribution in [2.75, 3.05) is 0 Å². The van der Waals surface area contributed by atoms with Gasteiger partial charge in [0.05, 0.1) is 0 Å². The Labute approximate surface area is 122 Å². The number of aryl methyl sites for hydroxylation is 1. The summed E-state index contributed by atoms with van der Waals surface area (Å²) < 4.78 is 5.36. The molecule has 0 atom stereocenters. The van der Waals surface area contributed by atoms with Crippen molar-refractivity contribution >= 4 is 16.7 Å². The molecule has 0 heterocycles. The van der Waals surface area contributed by atoms with Gasteiger partial charge in [0, 0.05) is 5.39 Å². The molecule has 3 nitrogen and oxygen atoms in total. The summed E-state index contributed by atoms with van der Waals surface area (Å²) in [5.41, 5.74) is 1.03. The van der Waals surface area contributed by atoms with E-state index in [0.717, 1.165) is 10.9 Å². The Morgan fingerprint density at radius 1 is 0.952 bits per heavy atom. The molecule has 0 aliphatic heterocycles. The molecule has 0 unspecified atom stereocenters. The molecule has 0 spiro atoms. The first-order valence-electron chi connectivity index (χ1n) is 6.65. The third kappa shape index (κ3) is 2.46. The van der Waals surface area contributed by atoms with E-state index in [9.17, 15) is 9.90 Å². The van der Waals surface area contributed by atoms with Crippen LogP contribution in [0, 0.1) is 6.92 Å². The molecule has 104 valence electrons. The molecule has 3 rings (SSSR count). The van der Waals surface area contributed by atoms with E-state index < -0.39 is 5.97 Å².